The predicted molar refractivity (Wildman–Crippen MR) is 135 cm³/mol. The maximum absolute atomic E-state index is 14.9. The van der Waals surface area contributed by atoms with Crippen LogP contribution in [0.5, 0.6) is 0 Å². The van der Waals surface area contributed by atoms with Crippen LogP contribution in [0.4, 0.5) is 35.5 Å². The minimum Gasteiger partial charge on any atom is -0.336 e. The molecular formula is C26H33F7N4OS. The van der Waals surface area contributed by atoms with Gasteiger partial charge in [-0.15, -0.1) is 11.3 Å². The van der Waals surface area contributed by atoms with Crippen molar-refractivity contribution in [2.45, 2.75) is 83.4 Å². The van der Waals surface area contributed by atoms with E-state index >= 15 is 0 Å². The molecule has 218 valence electrons. The second-order valence-electron chi connectivity index (χ2n) is 10.9. The summed E-state index contributed by atoms with van der Waals surface area (Å²) in [5.41, 5.74) is -6.73. The largest absolute Gasteiger partial charge is 0.421 e. The number of likely N-dealkylation sites (tertiary alicyclic amines) is 1. The molecule has 0 aromatic carbocycles. The monoisotopic (exact) mass is 582 g/mol. The molecule has 0 unspecified atom stereocenters. The van der Waals surface area contributed by atoms with E-state index in [1.807, 2.05) is 0 Å². The lowest BCUT2D eigenvalue weighted by molar-refractivity contribution is -0.337. The lowest BCUT2D eigenvalue weighted by atomic mass is 9.64. The molecule has 1 aliphatic heterocycles. The number of urea groups is 1. The van der Waals surface area contributed by atoms with E-state index in [4.69, 9.17) is 0 Å². The third-order valence-corrected chi connectivity index (χ3v) is 8.54. The van der Waals surface area contributed by atoms with Crippen molar-refractivity contribution < 1.29 is 35.5 Å². The van der Waals surface area contributed by atoms with Gasteiger partial charge in [0.25, 0.3) is 0 Å². The Balaban J connectivity index is 2.16. The van der Waals surface area contributed by atoms with Crippen molar-refractivity contribution in [1.82, 2.24) is 20.5 Å². The lowest BCUT2D eigenvalue weighted by Crippen LogP contribution is -2.77. The molecule has 1 aliphatic rings. The van der Waals surface area contributed by atoms with Crippen LogP contribution in [0.2, 0.25) is 0 Å². The van der Waals surface area contributed by atoms with E-state index in [0.717, 1.165) is 6.07 Å². The van der Waals surface area contributed by atoms with Gasteiger partial charge in [0, 0.05) is 40.3 Å². The number of carbonyl (C=O) groups is 1. The Hall–Kier alpha value is -2.41. The van der Waals surface area contributed by atoms with E-state index < -0.39 is 65.4 Å². The molecule has 0 spiro atoms. The summed E-state index contributed by atoms with van der Waals surface area (Å²) in [6.07, 6.45) is -11.6. The number of hydrogen-bond donors (Lipinski definition) is 2. The summed E-state index contributed by atoms with van der Waals surface area (Å²) in [6.45, 7) is 7.33. The van der Waals surface area contributed by atoms with Crippen molar-refractivity contribution in [1.29, 1.82) is 0 Å². The Morgan fingerprint density at radius 3 is 2.23 bits per heavy atom. The first-order valence-electron chi connectivity index (χ1n) is 12.5. The number of pyridine rings is 1. The van der Waals surface area contributed by atoms with E-state index in [0.29, 0.717) is 27.5 Å². The summed E-state index contributed by atoms with van der Waals surface area (Å²) >= 11 is 0.672. The van der Waals surface area contributed by atoms with Gasteiger partial charge in [0.1, 0.15) is 0 Å². The van der Waals surface area contributed by atoms with Crippen LogP contribution in [0.25, 0.3) is 0 Å². The SMILES string of the molecule is Cc1ccc(C(C)(C)N2CC[C@@](CCc3ccc(F)s3)(C(NC(=O)NC(C)C)(C(F)(F)F)C(F)(F)F)C2)cn1. The molecule has 2 aromatic rings. The number of aryl methyl sites for hydroxylation is 2. The Morgan fingerprint density at radius 1 is 1.10 bits per heavy atom. The van der Waals surface area contributed by atoms with Crippen LogP contribution in [-0.2, 0) is 12.0 Å². The topological polar surface area (TPSA) is 57.3 Å². The molecule has 2 amide bonds. The zero-order valence-electron chi connectivity index (χ0n) is 22.4. The third-order valence-electron chi connectivity index (χ3n) is 7.61. The molecule has 2 N–H and O–H groups in total. The van der Waals surface area contributed by atoms with Gasteiger partial charge in [-0.1, -0.05) is 6.07 Å². The highest BCUT2D eigenvalue weighted by atomic mass is 32.1. The van der Waals surface area contributed by atoms with E-state index in [2.05, 4.69) is 10.3 Å². The van der Waals surface area contributed by atoms with Crippen LogP contribution in [0, 0.1) is 17.5 Å². The number of rotatable bonds is 8. The summed E-state index contributed by atoms with van der Waals surface area (Å²) in [4.78, 5) is 18.7. The fourth-order valence-corrected chi connectivity index (χ4v) is 6.14. The Bertz CT molecular complexity index is 1130. The first kappa shape index (κ1) is 31.1. The van der Waals surface area contributed by atoms with Crippen molar-refractivity contribution in [2.75, 3.05) is 13.1 Å². The molecule has 0 bridgehead atoms. The summed E-state index contributed by atoms with van der Waals surface area (Å²) in [5.74, 6) is 0. The van der Waals surface area contributed by atoms with Crippen LogP contribution >= 0.6 is 11.3 Å². The summed E-state index contributed by atoms with van der Waals surface area (Å²) in [5, 5.41) is 2.90. The summed E-state index contributed by atoms with van der Waals surface area (Å²) in [6, 6.07) is 3.66. The molecule has 1 fully saturated rings. The highest BCUT2D eigenvalue weighted by Crippen LogP contribution is 2.59. The van der Waals surface area contributed by atoms with Crippen LogP contribution in [0.1, 0.15) is 56.7 Å². The minimum absolute atomic E-state index is 0.0962. The highest BCUT2D eigenvalue weighted by Gasteiger charge is 2.80. The number of hydrogen-bond acceptors (Lipinski definition) is 4. The fourth-order valence-electron chi connectivity index (χ4n) is 5.41. The quantitative estimate of drug-likeness (QED) is 0.340. The molecule has 1 atom stereocenters. The summed E-state index contributed by atoms with van der Waals surface area (Å²) < 4.78 is 103. The van der Waals surface area contributed by atoms with E-state index in [9.17, 15) is 35.5 Å². The van der Waals surface area contributed by atoms with E-state index in [1.54, 1.807) is 44.0 Å². The second kappa shape index (κ2) is 10.9. The molecule has 5 nitrogen and oxygen atoms in total. The molecule has 3 rings (SSSR count). The number of amides is 2. The van der Waals surface area contributed by atoms with Crippen LogP contribution in [0.15, 0.2) is 30.5 Å². The van der Waals surface area contributed by atoms with Gasteiger partial charge >= 0.3 is 18.4 Å². The molecule has 2 aromatic heterocycles. The van der Waals surface area contributed by atoms with Gasteiger partial charge in [0.05, 0.1) is 0 Å². The van der Waals surface area contributed by atoms with Gasteiger partial charge in [0.15, 0.2) is 5.13 Å². The van der Waals surface area contributed by atoms with Gasteiger partial charge in [-0.2, -0.15) is 30.7 Å². The van der Waals surface area contributed by atoms with Crippen LogP contribution < -0.4 is 10.6 Å². The number of aromatic nitrogens is 1. The first-order valence-corrected chi connectivity index (χ1v) is 13.3. The first-order chi connectivity index (χ1) is 17.8. The molecule has 1 saturated heterocycles. The molecular weight excluding hydrogens is 549 g/mol. The smallest absolute Gasteiger partial charge is 0.336 e. The number of nitrogens with one attached hydrogen (secondary N) is 2. The highest BCUT2D eigenvalue weighted by molar-refractivity contribution is 7.10. The Kier molecular flexibility index (Phi) is 8.67. The number of thiophene rings is 1. The number of carbonyl (C=O) groups excluding carboxylic acids is 1. The fraction of sp³-hybridized carbons (Fsp3) is 0.615. The number of alkyl halides is 6. The Labute approximate surface area is 227 Å². The number of halogens is 7. The molecule has 0 radical (unpaired) electrons. The second-order valence-corrected chi connectivity index (χ2v) is 12.0. The number of nitrogens with zero attached hydrogens (tertiary/aromatic N) is 2. The zero-order chi connectivity index (χ0) is 29.4. The molecule has 39 heavy (non-hydrogen) atoms. The van der Waals surface area contributed by atoms with Gasteiger partial charge in [-0.3, -0.25) is 9.88 Å². The Morgan fingerprint density at radius 2 is 1.74 bits per heavy atom. The van der Waals surface area contributed by atoms with Crippen molar-refractivity contribution in [3.05, 3.63) is 51.7 Å². The molecule has 13 heteroatoms. The molecule has 3 heterocycles. The average Bonchev–Trinajstić information content (AvgIpc) is 3.41. The van der Waals surface area contributed by atoms with Crippen molar-refractivity contribution in [2.24, 2.45) is 5.41 Å². The third kappa shape index (κ3) is 6.03. The van der Waals surface area contributed by atoms with Gasteiger partial charge < -0.3 is 10.6 Å². The van der Waals surface area contributed by atoms with Gasteiger partial charge in [0.2, 0.25) is 5.54 Å². The van der Waals surface area contributed by atoms with Crippen LogP contribution in [-0.4, -0.2) is 52.9 Å². The average molecular weight is 583 g/mol. The molecule has 0 saturated carbocycles. The van der Waals surface area contributed by atoms with Gasteiger partial charge in [-0.25, -0.2) is 4.79 Å². The lowest BCUT2D eigenvalue weighted by Gasteiger charge is -2.51. The normalized spacial score (nSPS) is 19.5. The van der Waals surface area contributed by atoms with Crippen LogP contribution in [0.3, 0.4) is 0 Å². The van der Waals surface area contributed by atoms with Crippen molar-refractivity contribution >= 4 is 17.4 Å². The molecule has 0 aliphatic carbocycles. The maximum Gasteiger partial charge on any atom is 0.421 e. The standard InChI is InChI=1S/C26H33F7N4OS/c1-16(2)35-21(38)36-24(25(28,29)30,26(31,32)33)23(11-10-19-8-9-20(27)39-19)12-13-37(15-23)22(4,5)18-7-6-17(3)34-14-18/h6-9,14,16H,10-13,15H2,1-5H3,(H2,35,36,38)/t23-/m1/s1. The maximum atomic E-state index is 14.9. The summed E-state index contributed by atoms with van der Waals surface area (Å²) in [7, 11) is 0. The van der Waals surface area contributed by atoms with Crippen molar-refractivity contribution in [3.8, 4) is 0 Å². The van der Waals surface area contributed by atoms with E-state index in [-0.39, 0.29) is 13.0 Å². The van der Waals surface area contributed by atoms with Gasteiger partial charge in [-0.05, 0) is 84.2 Å². The predicted octanol–water partition coefficient (Wildman–Crippen LogP) is 6.72. The zero-order valence-corrected chi connectivity index (χ0v) is 23.2. The van der Waals surface area contributed by atoms with E-state index in [1.165, 1.54) is 25.2 Å². The van der Waals surface area contributed by atoms with Crippen molar-refractivity contribution in [3.63, 3.8) is 0 Å². The minimum atomic E-state index is -5.90.